The predicted molar refractivity (Wildman–Crippen MR) is 80.3 cm³/mol. The van der Waals surface area contributed by atoms with Crippen molar-refractivity contribution in [3.8, 4) is 0 Å². The molecular weight excluding hydrogens is 374 g/mol. The van der Waals surface area contributed by atoms with Crippen LogP contribution in [0.3, 0.4) is 0 Å². The first-order valence-corrected chi connectivity index (χ1v) is 7.79. The van der Waals surface area contributed by atoms with E-state index in [0.717, 1.165) is 0 Å². The number of hydrogen-bond acceptors (Lipinski definition) is 0. The molecule has 0 heterocycles. The maximum absolute atomic E-state index is 2.44. The summed E-state index contributed by atoms with van der Waals surface area (Å²) in [7, 11) is 0. The van der Waals surface area contributed by atoms with Gasteiger partial charge in [-0.25, -0.2) is 0 Å². The topological polar surface area (TPSA) is 0 Å². The van der Waals surface area contributed by atoms with Gasteiger partial charge in [0.05, 0.1) is 0 Å². The summed E-state index contributed by atoms with van der Waals surface area (Å²) in [5.41, 5.74) is 1.28. The molecule has 0 atom stereocenters. The Morgan fingerprint density at radius 3 is 2.06 bits per heavy atom. The molecule has 0 N–H and O–H groups in total. The number of benzene rings is 2. The predicted octanol–water partition coefficient (Wildman–Crippen LogP) is 3.45. The SMILES string of the molecule is I/C(=C/c1ccccc1)[Se]c1ccccc1. The van der Waals surface area contributed by atoms with Crippen LogP contribution in [0.1, 0.15) is 5.56 Å². The minimum absolute atomic E-state index is 0.428. The van der Waals surface area contributed by atoms with Gasteiger partial charge in [0, 0.05) is 0 Å². The van der Waals surface area contributed by atoms with E-state index >= 15 is 0 Å². The van der Waals surface area contributed by atoms with Gasteiger partial charge in [0.2, 0.25) is 0 Å². The van der Waals surface area contributed by atoms with Crippen molar-refractivity contribution in [3.05, 3.63) is 68.7 Å². The molecule has 2 aromatic carbocycles. The molecule has 0 aliphatic heterocycles. The fourth-order valence-electron chi connectivity index (χ4n) is 1.31. The summed E-state index contributed by atoms with van der Waals surface area (Å²) < 4.78 is 2.84. The van der Waals surface area contributed by atoms with Crippen molar-refractivity contribution < 1.29 is 0 Å². The van der Waals surface area contributed by atoms with E-state index in [1.165, 1.54) is 12.5 Å². The van der Waals surface area contributed by atoms with Crippen LogP contribution < -0.4 is 4.46 Å². The number of halogens is 1. The molecule has 0 saturated heterocycles. The van der Waals surface area contributed by atoms with Gasteiger partial charge in [-0.3, -0.25) is 0 Å². The first-order valence-electron chi connectivity index (χ1n) is 5.00. The van der Waals surface area contributed by atoms with Crippen LogP contribution in [0.15, 0.2) is 63.1 Å². The molecule has 2 heteroatoms. The third-order valence-electron chi connectivity index (χ3n) is 2.04. The van der Waals surface area contributed by atoms with Gasteiger partial charge >= 0.3 is 117 Å². The summed E-state index contributed by atoms with van der Waals surface area (Å²) >= 11 is 2.87. The Labute approximate surface area is 116 Å². The van der Waals surface area contributed by atoms with Gasteiger partial charge in [0.1, 0.15) is 0 Å². The van der Waals surface area contributed by atoms with Crippen LogP contribution >= 0.6 is 22.6 Å². The zero-order valence-corrected chi connectivity index (χ0v) is 12.5. The van der Waals surface area contributed by atoms with Crippen molar-refractivity contribution in [1.82, 2.24) is 0 Å². The standard InChI is InChI=1S/C14H11ISe/c15-14(11-12-7-3-1-4-8-12)16-13-9-5-2-6-10-13/h1-11H/b14-11-. The van der Waals surface area contributed by atoms with Crippen molar-refractivity contribution in [1.29, 1.82) is 0 Å². The summed E-state index contributed by atoms with van der Waals surface area (Å²) in [6, 6.07) is 21.1. The molecule has 2 aromatic rings. The molecule has 0 unspecified atom stereocenters. The third-order valence-corrected chi connectivity index (χ3v) is 5.22. The van der Waals surface area contributed by atoms with Crippen molar-refractivity contribution in [2.45, 2.75) is 0 Å². The van der Waals surface area contributed by atoms with Gasteiger partial charge < -0.3 is 0 Å². The molecular formula is C14H11ISe. The molecule has 0 aliphatic carbocycles. The zero-order chi connectivity index (χ0) is 11.2. The Hall–Kier alpha value is -0.571. The first kappa shape index (κ1) is 11.9. The fraction of sp³-hybridized carbons (Fsp3) is 0. The summed E-state index contributed by atoms with van der Waals surface area (Å²) in [4.78, 5) is 0. The monoisotopic (exact) mass is 386 g/mol. The number of hydrogen-bond donors (Lipinski definition) is 0. The molecule has 0 nitrogen and oxygen atoms in total. The van der Waals surface area contributed by atoms with Crippen LogP contribution in [0.2, 0.25) is 0 Å². The van der Waals surface area contributed by atoms with Gasteiger partial charge in [-0.1, -0.05) is 0 Å². The van der Waals surface area contributed by atoms with Crippen LogP contribution in [0.5, 0.6) is 0 Å². The Balaban J connectivity index is 2.09. The molecule has 0 radical (unpaired) electrons. The van der Waals surface area contributed by atoms with Gasteiger partial charge in [0.15, 0.2) is 0 Å². The van der Waals surface area contributed by atoms with Gasteiger partial charge in [-0.2, -0.15) is 0 Å². The van der Waals surface area contributed by atoms with Gasteiger partial charge in [-0.15, -0.1) is 0 Å². The van der Waals surface area contributed by atoms with E-state index in [2.05, 4.69) is 83.3 Å². The zero-order valence-electron chi connectivity index (χ0n) is 8.64. The molecule has 0 aromatic heterocycles. The third kappa shape index (κ3) is 3.78. The van der Waals surface area contributed by atoms with Gasteiger partial charge in [-0.05, 0) is 0 Å². The summed E-state index contributed by atoms with van der Waals surface area (Å²) in [6.07, 6.45) is 2.26. The molecule has 0 spiro atoms. The van der Waals surface area contributed by atoms with Crippen molar-refractivity contribution in [2.75, 3.05) is 0 Å². The maximum atomic E-state index is 2.44. The van der Waals surface area contributed by atoms with Crippen LogP contribution in [-0.4, -0.2) is 15.0 Å². The average Bonchev–Trinajstić information content (AvgIpc) is 2.31. The van der Waals surface area contributed by atoms with Crippen molar-refractivity contribution in [3.63, 3.8) is 0 Å². The number of rotatable bonds is 3. The molecule has 16 heavy (non-hydrogen) atoms. The van der Waals surface area contributed by atoms with E-state index in [9.17, 15) is 0 Å². The molecule has 0 saturated carbocycles. The second-order valence-electron chi connectivity index (χ2n) is 3.27. The fourth-order valence-corrected chi connectivity index (χ4v) is 4.49. The Morgan fingerprint density at radius 1 is 0.875 bits per heavy atom. The van der Waals surface area contributed by atoms with Crippen LogP contribution in [0.4, 0.5) is 0 Å². The van der Waals surface area contributed by atoms with Crippen LogP contribution in [-0.2, 0) is 0 Å². The van der Waals surface area contributed by atoms with E-state index in [-0.39, 0.29) is 0 Å². The van der Waals surface area contributed by atoms with Crippen LogP contribution in [0, 0.1) is 0 Å². The van der Waals surface area contributed by atoms with E-state index < -0.39 is 0 Å². The second-order valence-corrected chi connectivity index (χ2v) is 8.42. The Morgan fingerprint density at radius 2 is 1.44 bits per heavy atom. The average molecular weight is 385 g/mol. The van der Waals surface area contributed by atoms with E-state index in [1.54, 1.807) is 0 Å². The van der Waals surface area contributed by atoms with E-state index in [1.807, 2.05) is 6.07 Å². The molecule has 80 valence electrons. The van der Waals surface area contributed by atoms with Gasteiger partial charge in [0.25, 0.3) is 0 Å². The molecule has 0 bridgehead atoms. The summed E-state index contributed by atoms with van der Waals surface area (Å²) in [6.45, 7) is 0. The summed E-state index contributed by atoms with van der Waals surface area (Å²) in [5.74, 6) is 0. The molecule has 0 fully saturated rings. The van der Waals surface area contributed by atoms with Crippen molar-refractivity contribution >= 4 is 48.1 Å². The van der Waals surface area contributed by atoms with E-state index in [4.69, 9.17) is 0 Å². The molecule has 0 aliphatic rings. The molecule has 2 rings (SSSR count). The quantitative estimate of drug-likeness (QED) is 0.561. The van der Waals surface area contributed by atoms with E-state index in [0.29, 0.717) is 15.0 Å². The second kappa shape index (κ2) is 6.24. The Kier molecular flexibility index (Phi) is 4.64. The normalized spacial score (nSPS) is 11.4. The minimum atomic E-state index is 0.428. The molecule has 0 amide bonds. The summed E-state index contributed by atoms with van der Waals surface area (Å²) in [5, 5.41) is 0. The first-order chi connectivity index (χ1) is 7.84. The van der Waals surface area contributed by atoms with Crippen molar-refractivity contribution in [2.24, 2.45) is 0 Å². The van der Waals surface area contributed by atoms with Crippen LogP contribution in [0.25, 0.3) is 6.08 Å². The Bertz CT molecular complexity index is 463.